The van der Waals surface area contributed by atoms with Crippen LogP contribution in [0.25, 0.3) is 0 Å². The minimum absolute atomic E-state index is 0.0481. The Morgan fingerprint density at radius 3 is 3.08 bits per heavy atom. The Morgan fingerprint density at radius 1 is 1.69 bits per heavy atom. The van der Waals surface area contributed by atoms with Crippen LogP contribution in [0.15, 0.2) is 12.3 Å². The smallest absolute Gasteiger partial charge is 0.223 e. The quantitative estimate of drug-likeness (QED) is 0.597. The lowest BCUT2D eigenvalue weighted by Crippen LogP contribution is -2.21. The molecule has 0 aliphatic rings. The van der Waals surface area contributed by atoms with E-state index in [1.807, 2.05) is 6.92 Å². The first kappa shape index (κ1) is 9.88. The summed E-state index contributed by atoms with van der Waals surface area (Å²) in [5, 5.41) is 11.7. The minimum atomic E-state index is -0.0481. The third-order valence-corrected chi connectivity index (χ3v) is 1.57. The van der Waals surface area contributed by atoms with Crippen molar-refractivity contribution < 1.29 is 5.11 Å². The fourth-order valence-corrected chi connectivity index (χ4v) is 0.845. The molecular weight excluding hydrogens is 168 g/mol. The summed E-state index contributed by atoms with van der Waals surface area (Å²) in [5.74, 6) is 0.504. The first-order chi connectivity index (χ1) is 6.26. The van der Waals surface area contributed by atoms with Crippen LogP contribution in [0.3, 0.4) is 0 Å². The van der Waals surface area contributed by atoms with Gasteiger partial charge in [0.15, 0.2) is 0 Å². The molecule has 0 radical (unpaired) electrons. The Labute approximate surface area is 77.0 Å². The van der Waals surface area contributed by atoms with Gasteiger partial charge in [-0.2, -0.15) is 0 Å². The summed E-state index contributed by atoms with van der Waals surface area (Å²) in [4.78, 5) is 8.11. The Bertz CT molecular complexity index is 266. The van der Waals surface area contributed by atoms with Crippen LogP contribution in [-0.4, -0.2) is 27.7 Å². The molecule has 1 aromatic rings. The number of anilines is 1. The van der Waals surface area contributed by atoms with Crippen molar-refractivity contribution in [1.82, 2.24) is 9.97 Å². The predicted octanol–water partition coefficient (Wildman–Crippen LogP) is -0.272. The summed E-state index contributed by atoms with van der Waals surface area (Å²) in [7, 11) is 0. The van der Waals surface area contributed by atoms with E-state index in [-0.39, 0.29) is 12.6 Å². The number of hydrogen-bond acceptors (Lipinski definition) is 5. The van der Waals surface area contributed by atoms with Gasteiger partial charge in [0.25, 0.3) is 0 Å². The van der Waals surface area contributed by atoms with Crippen LogP contribution in [-0.2, 0) is 6.54 Å². The first-order valence-electron chi connectivity index (χ1n) is 4.15. The molecule has 0 aliphatic heterocycles. The van der Waals surface area contributed by atoms with Crippen LogP contribution in [0, 0.1) is 0 Å². The van der Waals surface area contributed by atoms with Gasteiger partial charge in [-0.05, 0) is 13.0 Å². The van der Waals surface area contributed by atoms with Gasteiger partial charge < -0.3 is 16.2 Å². The second-order valence-electron chi connectivity index (χ2n) is 2.80. The maximum Gasteiger partial charge on any atom is 0.223 e. The van der Waals surface area contributed by atoms with Gasteiger partial charge >= 0.3 is 0 Å². The molecular formula is C8H14N4O. The molecule has 4 N–H and O–H groups in total. The van der Waals surface area contributed by atoms with Crippen molar-refractivity contribution in [2.75, 3.05) is 11.9 Å². The lowest BCUT2D eigenvalue weighted by molar-refractivity contribution is 0.281. The monoisotopic (exact) mass is 182 g/mol. The van der Waals surface area contributed by atoms with Crippen molar-refractivity contribution in [3.63, 3.8) is 0 Å². The highest BCUT2D eigenvalue weighted by atomic mass is 16.3. The van der Waals surface area contributed by atoms with E-state index in [0.717, 1.165) is 5.69 Å². The topological polar surface area (TPSA) is 84.1 Å². The van der Waals surface area contributed by atoms with Crippen LogP contribution >= 0.6 is 0 Å². The van der Waals surface area contributed by atoms with E-state index in [1.165, 1.54) is 0 Å². The van der Waals surface area contributed by atoms with Gasteiger partial charge in [-0.25, -0.2) is 9.97 Å². The van der Waals surface area contributed by atoms with Crippen LogP contribution in [0.2, 0.25) is 0 Å². The van der Waals surface area contributed by atoms with Gasteiger partial charge in [0.1, 0.15) is 0 Å². The van der Waals surface area contributed by atoms with E-state index in [0.29, 0.717) is 12.5 Å². The third-order valence-electron chi connectivity index (χ3n) is 1.57. The van der Waals surface area contributed by atoms with Crippen molar-refractivity contribution in [2.45, 2.75) is 19.5 Å². The second kappa shape index (κ2) is 4.74. The molecule has 0 bridgehead atoms. The van der Waals surface area contributed by atoms with E-state index in [9.17, 15) is 0 Å². The Kier molecular flexibility index (Phi) is 3.60. The van der Waals surface area contributed by atoms with Crippen molar-refractivity contribution >= 4 is 5.95 Å². The summed E-state index contributed by atoms with van der Waals surface area (Å²) in [6.07, 6.45) is 1.64. The highest BCUT2D eigenvalue weighted by molar-refractivity contribution is 5.26. The van der Waals surface area contributed by atoms with Crippen LogP contribution in [0.4, 0.5) is 5.95 Å². The molecule has 5 nitrogen and oxygen atoms in total. The van der Waals surface area contributed by atoms with Crippen LogP contribution in [0.1, 0.15) is 12.6 Å². The first-order valence-corrected chi connectivity index (χ1v) is 4.15. The molecule has 0 amide bonds. The van der Waals surface area contributed by atoms with E-state index in [4.69, 9.17) is 10.8 Å². The van der Waals surface area contributed by atoms with E-state index >= 15 is 0 Å². The third kappa shape index (κ3) is 2.96. The standard InChI is InChI=1S/C8H14N4O/c1-6(5-13)11-8-10-3-2-7(4-9)12-8/h2-3,6,13H,4-5,9H2,1H3,(H,10,11,12). The highest BCUT2D eigenvalue weighted by Crippen LogP contribution is 2.01. The van der Waals surface area contributed by atoms with Gasteiger partial charge in [0.2, 0.25) is 5.95 Å². The molecule has 1 unspecified atom stereocenters. The Balaban J connectivity index is 2.66. The van der Waals surface area contributed by atoms with E-state index in [2.05, 4.69) is 15.3 Å². The number of nitrogens with zero attached hydrogens (tertiary/aromatic N) is 2. The lowest BCUT2D eigenvalue weighted by Gasteiger charge is -2.10. The van der Waals surface area contributed by atoms with Gasteiger partial charge in [-0.3, -0.25) is 0 Å². The summed E-state index contributed by atoms with van der Waals surface area (Å²) < 4.78 is 0. The molecule has 0 spiro atoms. The zero-order valence-corrected chi connectivity index (χ0v) is 7.57. The molecule has 0 fully saturated rings. The summed E-state index contributed by atoms with van der Waals surface area (Å²) >= 11 is 0. The molecule has 0 saturated heterocycles. The molecule has 1 rings (SSSR count). The van der Waals surface area contributed by atoms with Gasteiger partial charge in [-0.15, -0.1) is 0 Å². The molecule has 1 heterocycles. The Hall–Kier alpha value is -1.20. The van der Waals surface area contributed by atoms with Gasteiger partial charge in [0.05, 0.1) is 12.3 Å². The lowest BCUT2D eigenvalue weighted by atomic mass is 10.4. The molecule has 1 aromatic heterocycles. The van der Waals surface area contributed by atoms with E-state index < -0.39 is 0 Å². The van der Waals surface area contributed by atoms with Crippen LogP contribution < -0.4 is 11.1 Å². The molecule has 72 valence electrons. The normalized spacial score (nSPS) is 12.5. The average Bonchev–Trinajstić information content (AvgIpc) is 2.18. The maximum atomic E-state index is 8.78. The van der Waals surface area contributed by atoms with Crippen molar-refractivity contribution in [1.29, 1.82) is 0 Å². The number of aliphatic hydroxyl groups excluding tert-OH is 1. The summed E-state index contributed by atoms with van der Waals surface area (Å²) in [6.45, 7) is 2.29. The molecule has 1 atom stereocenters. The zero-order valence-electron chi connectivity index (χ0n) is 7.57. The second-order valence-corrected chi connectivity index (χ2v) is 2.80. The highest BCUT2D eigenvalue weighted by Gasteiger charge is 2.02. The molecule has 0 aromatic carbocycles. The number of hydrogen-bond donors (Lipinski definition) is 3. The van der Waals surface area contributed by atoms with Gasteiger partial charge in [-0.1, -0.05) is 0 Å². The van der Waals surface area contributed by atoms with Crippen LogP contribution in [0.5, 0.6) is 0 Å². The fourth-order valence-electron chi connectivity index (χ4n) is 0.845. The molecule has 13 heavy (non-hydrogen) atoms. The average molecular weight is 182 g/mol. The predicted molar refractivity (Wildman–Crippen MR) is 50.1 cm³/mol. The minimum Gasteiger partial charge on any atom is -0.394 e. The number of nitrogens with one attached hydrogen (secondary N) is 1. The van der Waals surface area contributed by atoms with Crippen molar-refractivity contribution in [3.8, 4) is 0 Å². The fraction of sp³-hybridized carbons (Fsp3) is 0.500. The van der Waals surface area contributed by atoms with Crippen molar-refractivity contribution in [3.05, 3.63) is 18.0 Å². The number of nitrogens with two attached hydrogens (primary N) is 1. The molecule has 0 aliphatic carbocycles. The largest absolute Gasteiger partial charge is 0.394 e. The maximum absolute atomic E-state index is 8.78. The number of aliphatic hydroxyl groups is 1. The van der Waals surface area contributed by atoms with Gasteiger partial charge in [0, 0.05) is 18.8 Å². The Morgan fingerprint density at radius 2 is 2.46 bits per heavy atom. The zero-order chi connectivity index (χ0) is 9.68. The van der Waals surface area contributed by atoms with Crippen molar-refractivity contribution in [2.24, 2.45) is 5.73 Å². The number of aromatic nitrogens is 2. The summed E-state index contributed by atoms with van der Waals surface area (Å²) in [6, 6.07) is 1.71. The number of rotatable bonds is 4. The summed E-state index contributed by atoms with van der Waals surface area (Å²) in [5.41, 5.74) is 6.19. The SMILES string of the molecule is CC(CO)Nc1nccc(CN)n1. The van der Waals surface area contributed by atoms with E-state index in [1.54, 1.807) is 12.3 Å². The molecule has 5 heteroatoms. The molecule has 0 saturated carbocycles.